The monoisotopic (exact) mass is 458 g/mol. The molecule has 1 heterocycles. The van der Waals surface area contributed by atoms with E-state index in [9.17, 15) is 4.79 Å². The van der Waals surface area contributed by atoms with E-state index in [4.69, 9.17) is 9.47 Å². The summed E-state index contributed by atoms with van der Waals surface area (Å²) in [7, 11) is 3.32. The number of nitrogens with one attached hydrogen (secondary N) is 1. The van der Waals surface area contributed by atoms with Crippen molar-refractivity contribution in [3.63, 3.8) is 0 Å². The van der Waals surface area contributed by atoms with Crippen molar-refractivity contribution in [2.45, 2.75) is 39.2 Å². The van der Waals surface area contributed by atoms with Crippen molar-refractivity contribution in [3.05, 3.63) is 88.5 Å². The first-order valence-electron chi connectivity index (χ1n) is 11.9. The van der Waals surface area contributed by atoms with Gasteiger partial charge in [0.15, 0.2) is 11.5 Å². The Hall–Kier alpha value is -3.31. The lowest BCUT2D eigenvalue weighted by Crippen LogP contribution is -2.41. The summed E-state index contributed by atoms with van der Waals surface area (Å²) >= 11 is 0. The van der Waals surface area contributed by atoms with Gasteiger partial charge in [-0.3, -0.25) is 9.69 Å². The number of benzene rings is 3. The molecule has 178 valence electrons. The van der Waals surface area contributed by atoms with Crippen LogP contribution in [0.1, 0.15) is 53.6 Å². The Morgan fingerprint density at radius 3 is 2.41 bits per heavy atom. The van der Waals surface area contributed by atoms with Gasteiger partial charge < -0.3 is 14.8 Å². The van der Waals surface area contributed by atoms with E-state index in [2.05, 4.69) is 60.5 Å². The van der Waals surface area contributed by atoms with Gasteiger partial charge in [0.25, 0.3) is 0 Å². The molecule has 5 nitrogen and oxygen atoms in total. The molecule has 1 aliphatic heterocycles. The second kappa shape index (κ2) is 10.3. The molecular weight excluding hydrogens is 424 g/mol. The molecule has 3 aromatic rings. The van der Waals surface area contributed by atoms with Gasteiger partial charge in [-0.2, -0.15) is 0 Å². The van der Waals surface area contributed by atoms with E-state index in [1.165, 1.54) is 5.56 Å². The molecule has 4 rings (SSSR count). The molecule has 0 spiro atoms. The molecule has 34 heavy (non-hydrogen) atoms. The molecule has 0 unspecified atom stereocenters. The minimum atomic E-state index is -0.0445. The maximum absolute atomic E-state index is 13.3. The van der Waals surface area contributed by atoms with E-state index in [0.29, 0.717) is 18.2 Å². The highest BCUT2D eigenvalue weighted by molar-refractivity contribution is 5.94. The molecule has 0 saturated carbocycles. The fourth-order valence-corrected chi connectivity index (χ4v) is 4.90. The lowest BCUT2D eigenvalue weighted by molar-refractivity contribution is -0.117. The fraction of sp³-hybridized carbons (Fsp3) is 0.345. The molecular formula is C29H34N2O3. The maximum Gasteiger partial charge on any atom is 0.238 e. The number of rotatable bonds is 7. The standard InChI is InChI=1S/C29H34N2O3/c1-19(2)23-13-9-10-20(3)28(23)30-27(32)18-31-15-14-22-16-25(33-4)26(34-5)17-24(22)29(31)21-11-7-6-8-12-21/h6-13,16-17,19,29H,14-15,18H2,1-5H3,(H,30,32)/t29-/m0/s1. The highest BCUT2D eigenvalue weighted by atomic mass is 16.5. The Labute approximate surface area is 202 Å². The molecule has 1 atom stereocenters. The smallest absolute Gasteiger partial charge is 0.238 e. The van der Waals surface area contributed by atoms with Crippen LogP contribution in [-0.4, -0.2) is 38.1 Å². The summed E-state index contributed by atoms with van der Waals surface area (Å²) in [6.45, 7) is 7.43. The summed E-state index contributed by atoms with van der Waals surface area (Å²) in [5.74, 6) is 1.77. The van der Waals surface area contributed by atoms with Crippen LogP contribution >= 0.6 is 0 Å². The van der Waals surface area contributed by atoms with E-state index in [1.54, 1.807) is 14.2 Å². The van der Waals surface area contributed by atoms with Crippen molar-refractivity contribution in [3.8, 4) is 11.5 Å². The van der Waals surface area contributed by atoms with Gasteiger partial charge in [0.2, 0.25) is 5.91 Å². The largest absolute Gasteiger partial charge is 0.493 e. The van der Waals surface area contributed by atoms with Crippen molar-refractivity contribution in [2.75, 3.05) is 32.6 Å². The number of aryl methyl sites for hydroxylation is 1. The third-order valence-electron chi connectivity index (χ3n) is 6.63. The molecule has 5 heteroatoms. The fourth-order valence-electron chi connectivity index (χ4n) is 4.90. The van der Waals surface area contributed by atoms with Gasteiger partial charge in [-0.1, -0.05) is 62.4 Å². The van der Waals surface area contributed by atoms with Gasteiger partial charge in [-0.15, -0.1) is 0 Å². The van der Waals surface area contributed by atoms with Crippen molar-refractivity contribution >= 4 is 11.6 Å². The molecule has 0 aliphatic carbocycles. The van der Waals surface area contributed by atoms with Gasteiger partial charge >= 0.3 is 0 Å². The van der Waals surface area contributed by atoms with Crippen molar-refractivity contribution in [2.24, 2.45) is 0 Å². The molecule has 0 fully saturated rings. The maximum atomic E-state index is 13.3. The van der Waals surface area contributed by atoms with Crippen LogP contribution in [0.4, 0.5) is 5.69 Å². The summed E-state index contributed by atoms with van der Waals surface area (Å²) in [4.78, 5) is 15.6. The zero-order valence-corrected chi connectivity index (χ0v) is 20.7. The number of para-hydroxylation sites is 1. The molecule has 1 aliphatic rings. The van der Waals surface area contributed by atoms with E-state index in [0.717, 1.165) is 46.7 Å². The average molecular weight is 459 g/mol. The van der Waals surface area contributed by atoms with Crippen LogP contribution in [0, 0.1) is 6.92 Å². The van der Waals surface area contributed by atoms with Crippen LogP contribution in [0.2, 0.25) is 0 Å². The Kier molecular flexibility index (Phi) is 7.23. The first-order chi connectivity index (χ1) is 16.4. The van der Waals surface area contributed by atoms with Crippen LogP contribution in [0.5, 0.6) is 11.5 Å². The van der Waals surface area contributed by atoms with E-state index in [-0.39, 0.29) is 11.9 Å². The van der Waals surface area contributed by atoms with E-state index >= 15 is 0 Å². The molecule has 0 bridgehead atoms. The number of hydrogen-bond acceptors (Lipinski definition) is 4. The highest BCUT2D eigenvalue weighted by Gasteiger charge is 2.31. The average Bonchev–Trinajstić information content (AvgIpc) is 2.84. The van der Waals surface area contributed by atoms with Gasteiger partial charge in [0, 0.05) is 12.2 Å². The third kappa shape index (κ3) is 4.80. The third-order valence-corrected chi connectivity index (χ3v) is 6.63. The zero-order chi connectivity index (χ0) is 24.2. The number of methoxy groups -OCH3 is 2. The second-order valence-corrected chi connectivity index (χ2v) is 9.18. The number of amides is 1. The number of carbonyl (C=O) groups is 1. The topological polar surface area (TPSA) is 50.8 Å². The highest BCUT2D eigenvalue weighted by Crippen LogP contribution is 2.41. The summed E-state index contributed by atoms with van der Waals surface area (Å²) in [6, 6.07) is 20.6. The summed E-state index contributed by atoms with van der Waals surface area (Å²) in [5.41, 5.74) is 6.71. The normalized spacial score (nSPS) is 15.6. The van der Waals surface area contributed by atoms with E-state index < -0.39 is 0 Å². The van der Waals surface area contributed by atoms with Gasteiger partial charge in [0.05, 0.1) is 26.8 Å². The molecule has 1 amide bonds. The van der Waals surface area contributed by atoms with E-state index in [1.807, 2.05) is 31.2 Å². The first kappa shape index (κ1) is 23.8. The number of anilines is 1. The molecule has 3 aromatic carbocycles. The minimum Gasteiger partial charge on any atom is -0.493 e. The number of carbonyl (C=O) groups excluding carboxylic acids is 1. The number of nitrogens with zero attached hydrogens (tertiary/aromatic N) is 1. The number of ether oxygens (including phenoxy) is 2. The molecule has 0 saturated heterocycles. The number of fused-ring (bicyclic) bond motifs is 1. The molecule has 0 radical (unpaired) electrons. The van der Waals surface area contributed by atoms with Crippen LogP contribution < -0.4 is 14.8 Å². The summed E-state index contributed by atoms with van der Waals surface area (Å²) in [5, 5.41) is 3.22. The lowest BCUT2D eigenvalue weighted by Gasteiger charge is -2.37. The Bertz CT molecular complexity index is 1160. The van der Waals surface area contributed by atoms with Crippen molar-refractivity contribution in [1.29, 1.82) is 0 Å². The van der Waals surface area contributed by atoms with Crippen LogP contribution in [0.25, 0.3) is 0 Å². The van der Waals surface area contributed by atoms with Crippen molar-refractivity contribution < 1.29 is 14.3 Å². The minimum absolute atomic E-state index is 0.000979. The Morgan fingerprint density at radius 1 is 1.03 bits per heavy atom. The second-order valence-electron chi connectivity index (χ2n) is 9.18. The predicted octanol–water partition coefficient (Wildman–Crippen LogP) is 5.72. The zero-order valence-electron chi connectivity index (χ0n) is 20.7. The molecule has 1 N–H and O–H groups in total. The van der Waals surface area contributed by atoms with Crippen LogP contribution in [-0.2, 0) is 11.2 Å². The predicted molar refractivity (Wildman–Crippen MR) is 137 cm³/mol. The Balaban J connectivity index is 1.67. The van der Waals surface area contributed by atoms with Crippen molar-refractivity contribution in [1.82, 2.24) is 4.90 Å². The van der Waals surface area contributed by atoms with Gasteiger partial charge in [-0.25, -0.2) is 0 Å². The van der Waals surface area contributed by atoms with Crippen LogP contribution in [0.15, 0.2) is 60.7 Å². The van der Waals surface area contributed by atoms with Gasteiger partial charge in [-0.05, 0) is 59.2 Å². The summed E-state index contributed by atoms with van der Waals surface area (Å²) in [6.07, 6.45) is 0.841. The lowest BCUT2D eigenvalue weighted by atomic mass is 9.87. The van der Waals surface area contributed by atoms with Crippen LogP contribution in [0.3, 0.4) is 0 Å². The molecule has 0 aromatic heterocycles. The quantitative estimate of drug-likeness (QED) is 0.492. The summed E-state index contributed by atoms with van der Waals surface area (Å²) < 4.78 is 11.1. The first-order valence-corrected chi connectivity index (χ1v) is 11.9. The number of hydrogen-bond donors (Lipinski definition) is 1. The van der Waals surface area contributed by atoms with Gasteiger partial charge in [0.1, 0.15) is 0 Å². The Morgan fingerprint density at radius 2 is 1.74 bits per heavy atom. The SMILES string of the molecule is COc1cc2c(cc1OC)[C@H](c1ccccc1)N(CC(=O)Nc1c(C)cccc1C(C)C)CC2.